The molecule has 1 N–H and O–H groups in total. The largest absolute Gasteiger partial charge is 0.436 e. The van der Waals surface area contributed by atoms with Crippen LogP contribution in [0.1, 0.15) is 16.7 Å². The molecular formula is C17H16N2O. The second-order valence-corrected chi connectivity index (χ2v) is 5.36. The molecule has 1 aromatic heterocycles. The van der Waals surface area contributed by atoms with Gasteiger partial charge < -0.3 is 9.73 Å². The van der Waals surface area contributed by atoms with Crippen LogP contribution in [0.5, 0.6) is 0 Å². The van der Waals surface area contributed by atoms with Crippen molar-refractivity contribution in [3.63, 3.8) is 0 Å². The van der Waals surface area contributed by atoms with Gasteiger partial charge in [0.15, 0.2) is 5.58 Å². The average molecular weight is 264 g/mol. The standard InChI is InChI=1S/C17H16N2O/c1-11-5-6-16-15(9-11)19-17(20-16)14-4-2-3-12-10-18-8-7-13(12)14/h2-6,9,18H,7-8,10H2,1H3. The quantitative estimate of drug-likeness (QED) is 0.731. The maximum absolute atomic E-state index is 5.94. The first-order valence-corrected chi connectivity index (χ1v) is 7.00. The Kier molecular flexibility index (Phi) is 2.60. The van der Waals surface area contributed by atoms with Gasteiger partial charge >= 0.3 is 0 Å². The fourth-order valence-corrected chi connectivity index (χ4v) is 2.88. The monoisotopic (exact) mass is 264 g/mol. The van der Waals surface area contributed by atoms with Crippen molar-refractivity contribution < 1.29 is 4.42 Å². The van der Waals surface area contributed by atoms with Gasteiger partial charge in [0.2, 0.25) is 5.89 Å². The molecule has 2 heterocycles. The fourth-order valence-electron chi connectivity index (χ4n) is 2.88. The van der Waals surface area contributed by atoms with Gasteiger partial charge in [-0.3, -0.25) is 0 Å². The molecule has 1 aliphatic heterocycles. The summed E-state index contributed by atoms with van der Waals surface area (Å²) in [5.74, 6) is 0.740. The lowest BCUT2D eigenvalue weighted by Gasteiger charge is -2.18. The van der Waals surface area contributed by atoms with E-state index < -0.39 is 0 Å². The first kappa shape index (κ1) is 11.7. The molecule has 0 fully saturated rings. The highest BCUT2D eigenvalue weighted by Crippen LogP contribution is 2.30. The van der Waals surface area contributed by atoms with Gasteiger partial charge in [0.1, 0.15) is 5.52 Å². The molecule has 0 saturated heterocycles. The van der Waals surface area contributed by atoms with Crippen LogP contribution in [0, 0.1) is 6.92 Å². The van der Waals surface area contributed by atoms with Crippen molar-refractivity contribution in [2.24, 2.45) is 0 Å². The molecule has 3 nitrogen and oxygen atoms in total. The topological polar surface area (TPSA) is 38.1 Å². The minimum Gasteiger partial charge on any atom is -0.436 e. The van der Waals surface area contributed by atoms with Gasteiger partial charge in [-0.15, -0.1) is 0 Å². The fraction of sp³-hybridized carbons (Fsp3) is 0.235. The molecule has 2 aromatic carbocycles. The summed E-state index contributed by atoms with van der Waals surface area (Å²) < 4.78 is 5.94. The molecule has 100 valence electrons. The summed E-state index contributed by atoms with van der Waals surface area (Å²) in [7, 11) is 0. The number of hydrogen-bond acceptors (Lipinski definition) is 3. The zero-order valence-electron chi connectivity index (χ0n) is 11.4. The second kappa shape index (κ2) is 4.46. The zero-order chi connectivity index (χ0) is 13.5. The molecular weight excluding hydrogens is 248 g/mol. The Morgan fingerprint density at radius 2 is 2.15 bits per heavy atom. The van der Waals surface area contributed by atoms with Crippen molar-refractivity contribution in [3.05, 3.63) is 53.1 Å². The van der Waals surface area contributed by atoms with Crippen molar-refractivity contribution in [1.82, 2.24) is 10.3 Å². The molecule has 0 bridgehead atoms. The summed E-state index contributed by atoms with van der Waals surface area (Å²) in [5.41, 5.74) is 6.86. The SMILES string of the molecule is Cc1ccc2oc(-c3cccc4c3CCNC4)nc2c1. The summed E-state index contributed by atoms with van der Waals surface area (Å²) in [6.45, 7) is 4.02. The van der Waals surface area contributed by atoms with Gasteiger partial charge in [-0.05, 0) is 54.8 Å². The van der Waals surface area contributed by atoms with Crippen molar-refractivity contribution in [1.29, 1.82) is 0 Å². The van der Waals surface area contributed by atoms with Gasteiger partial charge in [0.05, 0.1) is 0 Å². The highest BCUT2D eigenvalue weighted by molar-refractivity contribution is 5.77. The van der Waals surface area contributed by atoms with Crippen molar-refractivity contribution >= 4 is 11.1 Å². The predicted molar refractivity (Wildman–Crippen MR) is 79.6 cm³/mol. The molecule has 3 heteroatoms. The van der Waals surface area contributed by atoms with Gasteiger partial charge in [0.25, 0.3) is 0 Å². The Balaban J connectivity index is 1.90. The molecule has 0 unspecified atom stereocenters. The van der Waals surface area contributed by atoms with Crippen molar-refractivity contribution in [2.45, 2.75) is 19.9 Å². The average Bonchev–Trinajstić information content (AvgIpc) is 2.89. The van der Waals surface area contributed by atoms with Crippen LogP contribution in [0.2, 0.25) is 0 Å². The van der Waals surface area contributed by atoms with E-state index in [-0.39, 0.29) is 0 Å². The molecule has 1 aliphatic rings. The van der Waals surface area contributed by atoms with Crippen molar-refractivity contribution in [3.8, 4) is 11.5 Å². The Labute approximate surface area is 117 Å². The maximum atomic E-state index is 5.94. The summed E-state index contributed by atoms with van der Waals surface area (Å²) >= 11 is 0. The van der Waals surface area contributed by atoms with E-state index >= 15 is 0 Å². The molecule has 3 aromatic rings. The number of rotatable bonds is 1. The van der Waals surface area contributed by atoms with Gasteiger partial charge in [-0.2, -0.15) is 0 Å². The minimum atomic E-state index is 0.740. The van der Waals surface area contributed by atoms with Crippen LogP contribution < -0.4 is 5.32 Å². The van der Waals surface area contributed by atoms with Crippen LogP contribution in [-0.2, 0) is 13.0 Å². The smallest absolute Gasteiger partial charge is 0.227 e. The molecule has 0 atom stereocenters. The van der Waals surface area contributed by atoms with Gasteiger partial charge in [-0.1, -0.05) is 18.2 Å². The molecule has 0 aliphatic carbocycles. The van der Waals surface area contributed by atoms with Gasteiger partial charge in [-0.25, -0.2) is 4.98 Å². The van der Waals surface area contributed by atoms with E-state index in [9.17, 15) is 0 Å². The first-order chi connectivity index (χ1) is 9.81. The van der Waals surface area contributed by atoms with E-state index in [1.54, 1.807) is 0 Å². The molecule has 0 amide bonds. The summed E-state index contributed by atoms with van der Waals surface area (Å²) in [5, 5.41) is 3.40. The molecule has 0 saturated carbocycles. The first-order valence-electron chi connectivity index (χ1n) is 7.00. The minimum absolute atomic E-state index is 0.740. The van der Waals surface area contributed by atoms with Crippen LogP contribution in [0.15, 0.2) is 40.8 Å². The normalized spacial score (nSPS) is 14.4. The third-order valence-electron chi connectivity index (χ3n) is 3.91. The number of nitrogens with zero attached hydrogens (tertiary/aromatic N) is 1. The number of nitrogens with one attached hydrogen (secondary N) is 1. The lowest BCUT2D eigenvalue weighted by Crippen LogP contribution is -2.24. The van der Waals surface area contributed by atoms with Crippen LogP contribution >= 0.6 is 0 Å². The molecule has 0 spiro atoms. The number of hydrogen-bond donors (Lipinski definition) is 1. The second-order valence-electron chi connectivity index (χ2n) is 5.36. The van der Waals surface area contributed by atoms with Crippen molar-refractivity contribution in [2.75, 3.05) is 6.54 Å². The Morgan fingerprint density at radius 1 is 1.20 bits per heavy atom. The number of fused-ring (bicyclic) bond motifs is 2. The Morgan fingerprint density at radius 3 is 3.10 bits per heavy atom. The van der Waals surface area contributed by atoms with E-state index in [0.29, 0.717) is 0 Å². The third kappa shape index (κ3) is 1.82. The van der Waals surface area contributed by atoms with Crippen LogP contribution in [0.4, 0.5) is 0 Å². The lowest BCUT2D eigenvalue weighted by molar-refractivity contribution is 0.611. The summed E-state index contributed by atoms with van der Waals surface area (Å²) in [6, 6.07) is 12.5. The number of oxazole rings is 1. The van der Waals surface area contributed by atoms with E-state index in [1.807, 2.05) is 6.07 Å². The highest BCUT2D eigenvalue weighted by Gasteiger charge is 2.17. The van der Waals surface area contributed by atoms with Crippen LogP contribution in [0.25, 0.3) is 22.6 Å². The predicted octanol–water partition coefficient (Wildman–Crippen LogP) is 3.45. The van der Waals surface area contributed by atoms with Gasteiger partial charge in [0, 0.05) is 12.1 Å². The zero-order valence-corrected chi connectivity index (χ0v) is 11.4. The number of benzene rings is 2. The Hall–Kier alpha value is -2.13. The lowest BCUT2D eigenvalue weighted by atomic mass is 9.95. The number of aromatic nitrogens is 1. The van der Waals surface area contributed by atoms with Crippen LogP contribution in [0.3, 0.4) is 0 Å². The van der Waals surface area contributed by atoms with E-state index in [0.717, 1.165) is 42.1 Å². The molecule has 20 heavy (non-hydrogen) atoms. The van der Waals surface area contributed by atoms with E-state index in [1.165, 1.54) is 16.7 Å². The van der Waals surface area contributed by atoms with Crippen LogP contribution in [-0.4, -0.2) is 11.5 Å². The summed E-state index contributed by atoms with van der Waals surface area (Å²) in [4.78, 5) is 4.66. The van der Waals surface area contributed by atoms with E-state index in [4.69, 9.17) is 4.42 Å². The number of aryl methyl sites for hydroxylation is 1. The molecule has 0 radical (unpaired) electrons. The third-order valence-corrected chi connectivity index (χ3v) is 3.91. The highest BCUT2D eigenvalue weighted by atomic mass is 16.3. The maximum Gasteiger partial charge on any atom is 0.227 e. The Bertz CT molecular complexity index is 789. The summed E-state index contributed by atoms with van der Waals surface area (Å²) in [6.07, 6.45) is 1.03. The van der Waals surface area contributed by atoms with E-state index in [2.05, 4.69) is 47.6 Å². The molecule has 4 rings (SSSR count).